The fourth-order valence-corrected chi connectivity index (χ4v) is 7.94. The van der Waals surface area contributed by atoms with Crippen LogP contribution >= 0.6 is 11.6 Å². The highest BCUT2D eigenvalue weighted by atomic mass is 35.5. The Morgan fingerprint density at radius 2 is 1.95 bits per heavy atom. The average Bonchev–Trinajstić information content (AvgIpc) is 3.64. The lowest BCUT2D eigenvalue weighted by Crippen LogP contribution is -2.55. The molecule has 0 radical (unpaired) electrons. The molecule has 3 aromatic rings. The van der Waals surface area contributed by atoms with Crippen LogP contribution in [0, 0.1) is 17.1 Å². The van der Waals surface area contributed by atoms with Crippen molar-refractivity contribution in [2.24, 2.45) is 0 Å². The number of rotatable bonds is 9. The summed E-state index contributed by atoms with van der Waals surface area (Å²) in [7, 11) is 0. The first-order chi connectivity index (χ1) is 26.4. The largest absolute Gasteiger partial charge is 0.461 e. The molecule has 1 aromatic carbocycles. The number of carbonyl (C=O) groups is 2. The van der Waals surface area contributed by atoms with Crippen molar-refractivity contribution in [2.75, 3.05) is 44.2 Å². The Morgan fingerprint density at radius 3 is 2.66 bits per heavy atom. The summed E-state index contributed by atoms with van der Waals surface area (Å²) in [5.74, 6) is -1.46. The Hall–Kier alpha value is -4.82. The Bertz CT molecular complexity index is 2060. The molecule has 2 aromatic heterocycles. The van der Waals surface area contributed by atoms with E-state index in [9.17, 15) is 32.4 Å². The Balaban J connectivity index is 1.33. The maximum absolute atomic E-state index is 16.6. The summed E-state index contributed by atoms with van der Waals surface area (Å²) < 4.78 is 85.1. The number of anilines is 1. The molecule has 12 nitrogen and oxygen atoms in total. The molecular weight excluding hydrogens is 763 g/mol. The van der Waals surface area contributed by atoms with Crippen molar-refractivity contribution in [2.45, 2.75) is 88.9 Å². The third kappa shape index (κ3) is 8.76. The minimum absolute atomic E-state index is 0.00266. The van der Waals surface area contributed by atoms with Crippen molar-refractivity contribution < 1.29 is 41.0 Å². The maximum atomic E-state index is 16.6. The highest BCUT2D eigenvalue weighted by Crippen LogP contribution is 2.44. The molecule has 0 unspecified atom stereocenters. The summed E-state index contributed by atoms with van der Waals surface area (Å²) in [6, 6.07) is 3.97. The van der Waals surface area contributed by atoms with E-state index < -0.39 is 75.2 Å². The number of alkyl carbamates (subject to hydrolysis) is 1. The molecule has 4 atom stereocenters. The Morgan fingerprint density at radius 1 is 1.18 bits per heavy atom. The molecular formula is C38H42ClF5N8O4. The van der Waals surface area contributed by atoms with E-state index >= 15 is 4.39 Å². The second kappa shape index (κ2) is 16.0. The molecule has 56 heavy (non-hydrogen) atoms. The van der Waals surface area contributed by atoms with Gasteiger partial charge in [0.15, 0.2) is 5.82 Å². The third-order valence-corrected chi connectivity index (χ3v) is 10.4. The normalized spacial score (nSPS) is 22.3. The molecule has 5 heterocycles. The number of ether oxygens (including phenoxy) is 2. The van der Waals surface area contributed by atoms with Crippen molar-refractivity contribution >= 4 is 40.3 Å². The minimum Gasteiger partial charge on any atom is -0.461 e. The summed E-state index contributed by atoms with van der Waals surface area (Å²) in [4.78, 5) is 43.9. The van der Waals surface area contributed by atoms with E-state index in [1.807, 2.05) is 4.90 Å². The van der Waals surface area contributed by atoms with Gasteiger partial charge in [0.25, 0.3) is 0 Å². The van der Waals surface area contributed by atoms with Crippen molar-refractivity contribution in [1.82, 2.24) is 30.1 Å². The number of aromatic nitrogens is 3. The van der Waals surface area contributed by atoms with Crippen LogP contribution in [0.3, 0.4) is 0 Å². The summed E-state index contributed by atoms with van der Waals surface area (Å²) in [5, 5.41) is 11.8. The number of fused-ring (bicyclic) bond motifs is 2. The molecule has 2 amide bonds. The number of alkyl halides is 4. The SMILES string of the molecule is C[C@@H](/C=C/C(=O)N1CCN(c2nc(OC[C@@]34CCCN3C[C@H](F)C4)nc3c(F)c(-c4cccc(Cl)c4C(F)(F)F)ncc23)C[C@@H]1CC#N)NC(=O)OC(C)(C)C. The molecule has 300 valence electrons. The van der Waals surface area contributed by atoms with Crippen LogP contribution in [0.4, 0.5) is 32.6 Å². The summed E-state index contributed by atoms with van der Waals surface area (Å²) in [6.07, 6.45) is -0.994. The van der Waals surface area contributed by atoms with Gasteiger partial charge in [-0.2, -0.15) is 28.4 Å². The van der Waals surface area contributed by atoms with E-state index in [4.69, 9.17) is 21.1 Å². The van der Waals surface area contributed by atoms with Crippen LogP contribution in [-0.4, -0.2) is 105 Å². The zero-order valence-corrected chi connectivity index (χ0v) is 32.1. The lowest BCUT2D eigenvalue weighted by atomic mass is 9.95. The van der Waals surface area contributed by atoms with Crippen LogP contribution in [-0.2, 0) is 15.7 Å². The van der Waals surface area contributed by atoms with Gasteiger partial charge in [-0.1, -0.05) is 29.8 Å². The standard InChI is InChI=1S/C38H42ClF5N8O4/c1-22(47-35(54)56-36(2,3)4)9-10-28(53)52-16-15-50(20-24(52)11-13-45)33-26-18-46-31(25-7-5-8-27(39)29(25)38(42,43)44)30(41)32(26)48-34(49-33)55-21-37-12-6-14-51(37)19-23(40)17-37/h5,7-10,18,22-24H,6,11-12,14-17,19-21H2,1-4H3,(H,47,54)/b10-9+/t22-,23+,24-,37-/m0/s1. The maximum Gasteiger partial charge on any atom is 0.418 e. The molecule has 6 rings (SSSR count). The van der Waals surface area contributed by atoms with Crippen LogP contribution in [0.25, 0.3) is 22.2 Å². The first-order valence-corrected chi connectivity index (χ1v) is 18.6. The van der Waals surface area contributed by atoms with Crippen molar-refractivity contribution in [3.05, 3.63) is 53.0 Å². The van der Waals surface area contributed by atoms with E-state index in [0.29, 0.717) is 13.0 Å². The molecule has 3 fully saturated rings. The van der Waals surface area contributed by atoms with Gasteiger partial charge in [-0.25, -0.2) is 13.6 Å². The highest BCUT2D eigenvalue weighted by Gasteiger charge is 2.49. The summed E-state index contributed by atoms with van der Waals surface area (Å²) in [5.41, 5.74) is -4.18. The first-order valence-electron chi connectivity index (χ1n) is 18.2. The first kappa shape index (κ1) is 40.8. The molecule has 0 bridgehead atoms. The second-order valence-corrected chi connectivity index (χ2v) is 15.7. The van der Waals surface area contributed by atoms with Gasteiger partial charge in [-0.3, -0.25) is 14.7 Å². The fraction of sp³-hybridized carbons (Fsp3) is 0.526. The van der Waals surface area contributed by atoms with Crippen molar-refractivity contribution in [3.8, 4) is 23.3 Å². The fourth-order valence-electron chi connectivity index (χ4n) is 7.65. The van der Waals surface area contributed by atoms with Gasteiger partial charge in [0.1, 0.15) is 35.4 Å². The van der Waals surface area contributed by atoms with Gasteiger partial charge in [0.2, 0.25) is 5.91 Å². The number of pyridine rings is 1. The van der Waals surface area contributed by atoms with Gasteiger partial charge in [0.05, 0.1) is 40.0 Å². The third-order valence-electron chi connectivity index (χ3n) is 10.1. The lowest BCUT2D eigenvalue weighted by molar-refractivity contribution is -0.137. The molecule has 3 saturated heterocycles. The molecule has 18 heteroatoms. The van der Waals surface area contributed by atoms with Crippen LogP contribution in [0.2, 0.25) is 5.02 Å². The number of piperazine rings is 1. The number of nitrogens with one attached hydrogen (secondary N) is 1. The number of hydrogen-bond acceptors (Lipinski definition) is 10. The van der Waals surface area contributed by atoms with E-state index in [0.717, 1.165) is 18.6 Å². The number of carbonyl (C=O) groups excluding carboxylic acids is 2. The van der Waals surface area contributed by atoms with Gasteiger partial charge >= 0.3 is 18.3 Å². The number of nitrogens with zero attached hydrogens (tertiary/aromatic N) is 7. The summed E-state index contributed by atoms with van der Waals surface area (Å²) in [6.45, 7) is 8.10. The van der Waals surface area contributed by atoms with E-state index in [1.54, 1.807) is 32.6 Å². The predicted molar refractivity (Wildman–Crippen MR) is 197 cm³/mol. The molecule has 3 aliphatic heterocycles. The zero-order chi connectivity index (χ0) is 40.6. The average molecular weight is 805 g/mol. The van der Waals surface area contributed by atoms with Crippen LogP contribution < -0.4 is 15.0 Å². The van der Waals surface area contributed by atoms with Gasteiger partial charge in [-0.05, 0) is 53.1 Å². The van der Waals surface area contributed by atoms with Gasteiger partial charge in [-0.15, -0.1) is 0 Å². The zero-order valence-electron chi connectivity index (χ0n) is 31.3. The summed E-state index contributed by atoms with van der Waals surface area (Å²) >= 11 is 5.96. The van der Waals surface area contributed by atoms with E-state index in [2.05, 4.69) is 26.3 Å². The topological polar surface area (TPSA) is 137 Å². The quantitative estimate of drug-likeness (QED) is 0.181. The minimum atomic E-state index is -4.93. The second-order valence-electron chi connectivity index (χ2n) is 15.3. The van der Waals surface area contributed by atoms with Crippen LogP contribution in [0.5, 0.6) is 6.01 Å². The number of benzene rings is 1. The number of nitriles is 1. The number of halogens is 6. The Kier molecular flexibility index (Phi) is 11.6. The number of hydrogen-bond donors (Lipinski definition) is 1. The van der Waals surface area contributed by atoms with Gasteiger partial charge < -0.3 is 24.6 Å². The van der Waals surface area contributed by atoms with E-state index in [1.165, 1.54) is 29.3 Å². The lowest BCUT2D eigenvalue weighted by Gasteiger charge is -2.41. The van der Waals surface area contributed by atoms with Crippen molar-refractivity contribution in [1.29, 1.82) is 5.26 Å². The van der Waals surface area contributed by atoms with Crippen molar-refractivity contribution in [3.63, 3.8) is 0 Å². The number of amides is 2. The molecule has 0 spiro atoms. The molecule has 0 saturated carbocycles. The van der Waals surface area contributed by atoms with Gasteiger partial charge in [0, 0.05) is 56.5 Å². The predicted octanol–water partition coefficient (Wildman–Crippen LogP) is 6.86. The van der Waals surface area contributed by atoms with Crippen LogP contribution in [0.15, 0.2) is 36.5 Å². The Labute approximate surface area is 325 Å². The smallest absolute Gasteiger partial charge is 0.418 e. The highest BCUT2D eigenvalue weighted by molar-refractivity contribution is 6.31. The monoisotopic (exact) mass is 804 g/mol. The van der Waals surface area contributed by atoms with Crippen LogP contribution in [0.1, 0.15) is 58.9 Å². The molecule has 0 aliphatic carbocycles. The van der Waals surface area contributed by atoms with E-state index in [-0.39, 0.29) is 68.4 Å². The molecule has 1 N–H and O–H groups in total. The molecule has 3 aliphatic rings.